The van der Waals surface area contributed by atoms with Gasteiger partial charge in [0.25, 0.3) is 0 Å². The van der Waals surface area contributed by atoms with Crippen LogP contribution in [0.5, 0.6) is 11.6 Å². The highest BCUT2D eigenvalue weighted by atomic mass is 35.5. The van der Waals surface area contributed by atoms with Gasteiger partial charge in [-0.1, -0.05) is 23.7 Å². The molecule has 0 spiro atoms. The van der Waals surface area contributed by atoms with Crippen molar-refractivity contribution in [1.82, 2.24) is 19.5 Å². The van der Waals surface area contributed by atoms with Crippen molar-refractivity contribution in [3.63, 3.8) is 0 Å². The number of aromatic nitrogens is 4. The Bertz CT molecular complexity index is 1110. The Balaban J connectivity index is 1.68. The Morgan fingerprint density at radius 1 is 1.31 bits per heavy atom. The van der Waals surface area contributed by atoms with Gasteiger partial charge in [-0.2, -0.15) is 9.97 Å². The number of hydrogen-bond donors (Lipinski definition) is 2. The Morgan fingerprint density at radius 3 is 2.75 bits per heavy atom. The number of nitrogens with zero attached hydrogens (tertiary/aromatic N) is 4. The molecule has 3 atom stereocenters. The van der Waals surface area contributed by atoms with Crippen molar-refractivity contribution >= 4 is 36.5 Å². The van der Waals surface area contributed by atoms with Crippen LogP contribution in [0.3, 0.4) is 0 Å². The third-order valence-electron chi connectivity index (χ3n) is 4.57. The van der Waals surface area contributed by atoms with Crippen molar-refractivity contribution in [2.75, 3.05) is 26.1 Å². The topological polar surface area (TPSA) is 144 Å². The zero-order valence-corrected chi connectivity index (χ0v) is 19.5. The summed E-state index contributed by atoms with van der Waals surface area (Å²) in [6.07, 6.45) is 1.50. The summed E-state index contributed by atoms with van der Waals surface area (Å²) in [6.45, 7) is 3.98. The SMILES string of the molecule is CCOc1nc(N)nc2c1ncn2C(C)CC(COP(=O)(O)Oc1ccccc1Cl)OC. The van der Waals surface area contributed by atoms with E-state index in [0.717, 1.165) is 0 Å². The molecule has 0 amide bonds. The molecule has 11 nitrogen and oxygen atoms in total. The average Bonchev–Trinajstić information content (AvgIpc) is 3.17. The fourth-order valence-electron chi connectivity index (χ4n) is 3.04. The molecule has 0 bridgehead atoms. The molecule has 0 saturated carbocycles. The van der Waals surface area contributed by atoms with Crippen LogP contribution in [0.1, 0.15) is 26.3 Å². The van der Waals surface area contributed by atoms with Gasteiger partial charge in [-0.25, -0.2) is 9.55 Å². The van der Waals surface area contributed by atoms with Crippen molar-refractivity contribution in [1.29, 1.82) is 0 Å². The van der Waals surface area contributed by atoms with Gasteiger partial charge in [0.2, 0.25) is 11.8 Å². The monoisotopic (exact) mass is 485 g/mol. The van der Waals surface area contributed by atoms with Gasteiger partial charge in [-0.05, 0) is 32.4 Å². The second-order valence-electron chi connectivity index (χ2n) is 6.87. The van der Waals surface area contributed by atoms with Crippen LogP contribution in [0.25, 0.3) is 11.2 Å². The van der Waals surface area contributed by atoms with E-state index in [-0.39, 0.29) is 29.4 Å². The van der Waals surface area contributed by atoms with E-state index >= 15 is 0 Å². The number of anilines is 1. The van der Waals surface area contributed by atoms with Crippen molar-refractivity contribution in [3.8, 4) is 11.6 Å². The lowest BCUT2D eigenvalue weighted by atomic mass is 10.1. The molecule has 0 aliphatic carbocycles. The summed E-state index contributed by atoms with van der Waals surface area (Å²) in [4.78, 5) is 22.7. The first kappa shape index (κ1) is 24.2. The van der Waals surface area contributed by atoms with Gasteiger partial charge >= 0.3 is 7.82 Å². The van der Waals surface area contributed by atoms with E-state index in [1.807, 2.05) is 13.8 Å². The number of nitrogen functional groups attached to an aromatic ring is 1. The standard InChI is InChI=1S/C19H25ClN5O6P/c1-4-29-18-16-17(23-19(21)24-18)25(11-22-16)12(2)9-13(28-3)10-30-32(26,27)31-15-8-6-5-7-14(15)20/h5-8,11-13H,4,9-10H2,1-3H3,(H,26,27)(H2,21,23,24). The highest BCUT2D eigenvalue weighted by Crippen LogP contribution is 2.46. The summed E-state index contributed by atoms with van der Waals surface area (Å²) in [6, 6.07) is 6.15. The summed E-state index contributed by atoms with van der Waals surface area (Å²) in [5.41, 5.74) is 6.81. The van der Waals surface area contributed by atoms with Crippen LogP contribution in [0, 0.1) is 0 Å². The van der Waals surface area contributed by atoms with Gasteiger partial charge < -0.3 is 24.3 Å². The van der Waals surface area contributed by atoms with E-state index < -0.39 is 13.9 Å². The molecule has 2 aromatic heterocycles. The lowest BCUT2D eigenvalue weighted by molar-refractivity contribution is 0.0334. The van der Waals surface area contributed by atoms with Crippen molar-refractivity contribution in [2.24, 2.45) is 0 Å². The normalized spacial score (nSPS) is 15.3. The fraction of sp³-hybridized carbons (Fsp3) is 0.421. The third kappa shape index (κ3) is 5.87. The van der Waals surface area contributed by atoms with E-state index in [4.69, 9.17) is 35.9 Å². The van der Waals surface area contributed by atoms with Gasteiger partial charge in [-0.15, -0.1) is 0 Å². The number of phosphoric ester groups is 1. The van der Waals surface area contributed by atoms with Gasteiger partial charge in [0.15, 0.2) is 11.2 Å². The molecule has 0 fully saturated rings. The number of hydrogen-bond acceptors (Lipinski definition) is 9. The Labute approximate surface area is 190 Å². The number of rotatable bonds is 11. The summed E-state index contributed by atoms with van der Waals surface area (Å²) in [7, 11) is -2.93. The molecule has 3 rings (SSSR count). The Morgan fingerprint density at radius 2 is 2.06 bits per heavy atom. The lowest BCUT2D eigenvalue weighted by Gasteiger charge is -2.22. The molecule has 174 valence electrons. The average molecular weight is 486 g/mol. The minimum absolute atomic E-state index is 0.0506. The quantitative estimate of drug-likeness (QED) is 0.386. The zero-order chi connectivity index (χ0) is 23.3. The van der Waals surface area contributed by atoms with Gasteiger partial charge in [0, 0.05) is 13.2 Å². The number of halogens is 1. The van der Waals surface area contributed by atoms with Gasteiger partial charge in [0.1, 0.15) is 5.75 Å². The molecule has 0 aliphatic rings. The first-order valence-electron chi connectivity index (χ1n) is 9.81. The minimum Gasteiger partial charge on any atom is -0.476 e. The van der Waals surface area contributed by atoms with Crippen LogP contribution >= 0.6 is 19.4 Å². The van der Waals surface area contributed by atoms with Crippen LogP contribution < -0.4 is 15.0 Å². The number of imidazole rings is 1. The molecule has 32 heavy (non-hydrogen) atoms. The van der Waals surface area contributed by atoms with E-state index in [1.165, 1.54) is 13.2 Å². The second kappa shape index (κ2) is 10.5. The molecular formula is C19H25ClN5O6P. The maximum Gasteiger partial charge on any atom is 0.527 e. The smallest absolute Gasteiger partial charge is 0.476 e. The highest BCUT2D eigenvalue weighted by molar-refractivity contribution is 7.47. The molecule has 3 N–H and O–H groups in total. The maximum absolute atomic E-state index is 12.3. The number of fused-ring (bicyclic) bond motifs is 1. The van der Waals surface area contributed by atoms with Gasteiger partial charge in [0.05, 0.1) is 30.7 Å². The number of methoxy groups -OCH3 is 1. The molecule has 3 aromatic rings. The summed E-state index contributed by atoms with van der Waals surface area (Å²) in [5, 5.41) is 0.196. The predicted octanol–water partition coefficient (Wildman–Crippen LogP) is 3.62. The molecule has 13 heteroatoms. The van der Waals surface area contributed by atoms with E-state index in [2.05, 4.69) is 15.0 Å². The molecule has 2 heterocycles. The lowest BCUT2D eigenvalue weighted by Crippen LogP contribution is -2.22. The predicted molar refractivity (Wildman–Crippen MR) is 119 cm³/mol. The van der Waals surface area contributed by atoms with Crippen LogP contribution in [0.4, 0.5) is 5.95 Å². The van der Waals surface area contributed by atoms with E-state index in [9.17, 15) is 9.46 Å². The van der Waals surface area contributed by atoms with E-state index in [1.54, 1.807) is 29.1 Å². The first-order chi connectivity index (χ1) is 15.2. The number of benzene rings is 1. The summed E-state index contributed by atoms with van der Waals surface area (Å²) in [5.74, 6) is 0.430. The van der Waals surface area contributed by atoms with Crippen molar-refractivity contribution < 1.29 is 28.0 Å². The van der Waals surface area contributed by atoms with Crippen LogP contribution in [0.2, 0.25) is 5.02 Å². The van der Waals surface area contributed by atoms with Gasteiger partial charge in [-0.3, -0.25) is 9.42 Å². The molecule has 0 radical (unpaired) electrons. The number of nitrogens with two attached hydrogens (primary N) is 1. The number of para-hydroxylation sites is 1. The largest absolute Gasteiger partial charge is 0.527 e. The van der Waals surface area contributed by atoms with Crippen LogP contribution in [0.15, 0.2) is 30.6 Å². The van der Waals surface area contributed by atoms with Crippen molar-refractivity contribution in [3.05, 3.63) is 35.6 Å². The molecule has 0 saturated heterocycles. The van der Waals surface area contributed by atoms with Crippen molar-refractivity contribution in [2.45, 2.75) is 32.4 Å². The fourth-order valence-corrected chi connectivity index (χ4v) is 4.08. The molecule has 3 unspecified atom stereocenters. The molecule has 0 aliphatic heterocycles. The van der Waals surface area contributed by atoms with Crippen LogP contribution in [-0.2, 0) is 13.8 Å². The third-order valence-corrected chi connectivity index (χ3v) is 5.79. The Hall–Kier alpha value is -2.43. The molecular weight excluding hydrogens is 461 g/mol. The second-order valence-corrected chi connectivity index (χ2v) is 8.66. The number of phosphoric acid groups is 1. The minimum atomic E-state index is -4.41. The summed E-state index contributed by atoms with van der Waals surface area (Å²) >= 11 is 5.96. The molecule has 1 aromatic carbocycles. The maximum atomic E-state index is 12.3. The van der Waals surface area contributed by atoms with E-state index in [0.29, 0.717) is 30.1 Å². The number of ether oxygens (including phenoxy) is 2. The zero-order valence-electron chi connectivity index (χ0n) is 17.8. The first-order valence-corrected chi connectivity index (χ1v) is 11.7. The van der Waals surface area contributed by atoms with Crippen LogP contribution in [-0.4, -0.2) is 50.8 Å². The highest BCUT2D eigenvalue weighted by Gasteiger charge is 2.27. The summed E-state index contributed by atoms with van der Waals surface area (Å²) < 4.78 is 35.2. The Kier molecular flexibility index (Phi) is 7.91.